The monoisotopic (exact) mass is 451 g/mol. The summed E-state index contributed by atoms with van der Waals surface area (Å²) >= 11 is 0. The van der Waals surface area contributed by atoms with E-state index in [1.54, 1.807) is 6.20 Å². The molecule has 5 heterocycles. The maximum atomic E-state index is 12.3. The third-order valence-electron chi connectivity index (χ3n) is 6.82. The van der Waals surface area contributed by atoms with E-state index in [1.807, 2.05) is 58.1 Å². The van der Waals surface area contributed by atoms with Crippen molar-refractivity contribution in [1.29, 1.82) is 0 Å². The van der Waals surface area contributed by atoms with Crippen molar-refractivity contribution in [3.63, 3.8) is 0 Å². The molecule has 0 radical (unpaired) electrons. The van der Waals surface area contributed by atoms with Gasteiger partial charge in [0.05, 0.1) is 11.9 Å². The van der Waals surface area contributed by atoms with Crippen LogP contribution < -0.4 is 9.80 Å². The van der Waals surface area contributed by atoms with E-state index in [9.17, 15) is 9.59 Å². The number of carbonyl (C=O) groups excluding carboxylic acids is 2. The first-order chi connectivity index (χ1) is 16.6. The molecule has 170 valence electrons. The van der Waals surface area contributed by atoms with Crippen LogP contribution in [0.3, 0.4) is 0 Å². The molecule has 7 nitrogen and oxygen atoms in total. The van der Waals surface area contributed by atoms with Gasteiger partial charge in [-0.15, -0.1) is 0 Å². The van der Waals surface area contributed by atoms with E-state index in [0.29, 0.717) is 12.8 Å². The van der Waals surface area contributed by atoms with Crippen LogP contribution in [0.2, 0.25) is 0 Å². The van der Waals surface area contributed by atoms with Crippen molar-refractivity contribution in [2.75, 3.05) is 22.9 Å². The van der Waals surface area contributed by atoms with E-state index in [2.05, 4.69) is 28.3 Å². The highest BCUT2D eigenvalue weighted by Crippen LogP contribution is 2.34. The Morgan fingerprint density at radius 3 is 2.12 bits per heavy atom. The number of aryl methyl sites for hydroxylation is 1. The molecule has 3 aromatic heterocycles. The quantitative estimate of drug-likeness (QED) is 0.456. The molecule has 34 heavy (non-hydrogen) atoms. The summed E-state index contributed by atoms with van der Waals surface area (Å²) in [6.07, 6.45) is 10.6. The van der Waals surface area contributed by atoms with Gasteiger partial charge in [-0.05, 0) is 42.7 Å². The van der Waals surface area contributed by atoms with Crippen LogP contribution in [0.1, 0.15) is 25.7 Å². The Morgan fingerprint density at radius 1 is 0.765 bits per heavy atom. The minimum atomic E-state index is 0.154. The van der Waals surface area contributed by atoms with Crippen molar-refractivity contribution >= 4 is 34.2 Å². The molecule has 2 saturated heterocycles. The minimum absolute atomic E-state index is 0.154. The van der Waals surface area contributed by atoms with Crippen molar-refractivity contribution in [2.24, 2.45) is 7.05 Å². The van der Waals surface area contributed by atoms with Crippen LogP contribution in [-0.2, 0) is 16.6 Å². The molecule has 0 saturated carbocycles. The smallest absolute Gasteiger partial charge is 0.227 e. The molecule has 4 aromatic rings. The van der Waals surface area contributed by atoms with Crippen LogP contribution in [0.15, 0.2) is 61.2 Å². The number of hydrogen-bond acceptors (Lipinski definition) is 4. The third-order valence-corrected chi connectivity index (χ3v) is 6.82. The zero-order valence-corrected chi connectivity index (χ0v) is 19.1. The zero-order valence-electron chi connectivity index (χ0n) is 19.1. The van der Waals surface area contributed by atoms with Gasteiger partial charge >= 0.3 is 0 Å². The Labute approximate surface area is 197 Å². The standard InChI is InChI=1S/C27H25N5O2/c1-30-17-24(23-13-22(16-29-27(23)30)32-11-3-5-26(32)34)20-12-19(14-28-15-20)18-6-8-21(9-7-18)31-10-2-4-25(31)33/h6-9,12-17H,2-5,10-11H2,1H3. The Morgan fingerprint density at radius 2 is 1.44 bits per heavy atom. The van der Waals surface area contributed by atoms with Gasteiger partial charge in [0.15, 0.2) is 0 Å². The van der Waals surface area contributed by atoms with E-state index in [1.165, 1.54) is 0 Å². The number of nitrogens with zero attached hydrogens (tertiary/aromatic N) is 5. The summed E-state index contributed by atoms with van der Waals surface area (Å²) in [5.41, 5.74) is 6.74. The summed E-state index contributed by atoms with van der Waals surface area (Å²) in [5, 5.41) is 1.00. The normalized spacial score (nSPS) is 16.3. The van der Waals surface area contributed by atoms with Crippen molar-refractivity contribution in [2.45, 2.75) is 25.7 Å². The Kier molecular flexibility index (Phi) is 4.90. The molecule has 0 atom stereocenters. The Balaban J connectivity index is 1.36. The molecule has 2 aliphatic heterocycles. The number of aromatic nitrogens is 3. The summed E-state index contributed by atoms with van der Waals surface area (Å²) in [5.74, 6) is 0.345. The highest BCUT2D eigenvalue weighted by Gasteiger charge is 2.24. The molecule has 2 fully saturated rings. The van der Waals surface area contributed by atoms with Crippen molar-refractivity contribution in [1.82, 2.24) is 14.5 Å². The Hall–Kier alpha value is -4.00. The lowest BCUT2D eigenvalue weighted by atomic mass is 10.0. The van der Waals surface area contributed by atoms with Gasteiger partial charge in [0, 0.05) is 79.3 Å². The van der Waals surface area contributed by atoms with Crippen LogP contribution in [0.4, 0.5) is 11.4 Å². The summed E-state index contributed by atoms with van der Waals surface area (Å²) in [6, 6.07) is 12.3. The summed E-state index contributed by atoms with van der Waals surface area (Å²) in [7, 11) is 1.98. The van der Waals surface area contributed by atoms with Crippen molar-refractivity contribution in [3.05, 3.63) is 61.2 Å². The molecule has 0 unspecified atom stereocenters. The van der Waals surface area contributed by atoms with Gasteiger partial charge < -0.3 is 14.4 Å². The predicted molar refractivity (Wildman–Crippen MR) is 133 cm³/mol. The lowest BCUT2D eigenvalue weighted by Gasteiger charge is -2.16. The Bertz CT molecular complexity index is 1420. The number of pyridine rings is 2. The van der Waals surface area contributed by atoms with E-state index >= 15 is 0 Å². The zero-order chi connectivity index (χ0) is 23.2. The number of benzene rings is 1. The predicted octanol–water partition coefficient (Wildman–Crippen LogP) is 4.56. The molecule has 0 spiro atoms. The molecule has 0 aliphatic carbocycles. The molecule has 6 rings (SSSR count). The molecule has 0 bridgehead atoms. The fourth-order valence-electron chi connectivity index (χ4n) is 5.05. The van der Waals surface area contributed by atoms with Gasteiger partial charge in [-0.1, -0.05) is 12.1 Å². The van der Waals surface area contributed by atoms with E-state index in [4.69, 9.17) is 0 Å². The number of anilines is 2. The maximum absolute atomic E-state index is 12.3. The van der Waals surface area contributed by atoms with Gasteiger partial charge in [-0.2, -0.15) is 0 Å². The van der Waals surface area contributed by atoms with E-state index in [-0.39, 0.29) is 11.8 Å². The molecule has 2 amide bonds. The fourth-order valence-corrected chi connectivity index (χ4v) is 5.05. The van der Waals surface area contributed by atoms with E-state index in [0.717, 1.165) is 70.6 Å². The molecular weight excluding hydrogens is 426 g/mol. The van der Waals surface area contributed by atoms with Crippen LogP contribution >= 0.6 is 0 Å². The second-order valence-electron chi connectivity index (χ2n) is 9.03. The molecular formula is C27H25N5O2. The topological polar surface area (TPSA) is 71.3 Å². The van der Waals surface area contributed by atoms with Gasteiger partial charge in [0.2, 0.25) is 11.8 Å². The highest BCUT2D eigenvalue weighted by molar-refractivity contribution is 6.00. The van der Waals surface area contributed by atoms with Crippen LogP contribution in [0, 0.1) is 0 Å². The number of rotatable bonds is 4. The van der Waals surface area contributed by atoms with Crippen LogP contribution in [-0.4, -0.2) is 39.4 Å². The number of carbonyl (C=O) groups is 2. The van der Waals surface area contributed by atoms with Gasteiger partial charge in [0.1, 0.15) is 5.65 Å². The average molecular weight is 452 g/mol. The van der Waals surface area contributed by atoms with Gasteiger partial charge in [-0.3, -0.25) is 14.6 Å². The number of amides is 2. The fraction of sp³-hybridized carbons (Fsp3) is 0.259. The first-order valence-corrected chi connectivity index (χ1v) is 11.7. The van der Waals surface area contributed by atoms with Crippen LogP contribution in [0.25, 0.3) is 33.3 Å². The molecule has 1 aromatic carbocycles. The SMILES string of the molecule is Cn1cc(-c2cncc(-c3ccc(N4CCCC4=O)cc3)c2)c2cc(N3CCCC3=O)cnc21. The van der Waals surface area contributed by atoms with Gasteiger partial charge in [-0.25, -0.2) is 4.98 Å². The van der Waals surface area contributed by atoms with Gasteiger partial charge in [0.25, 0.3) is 0 Å². The minimum Gasteiger partial charge on any atom is -0.335 e. The molecule has 2 aliphatic rings. The third kappa shape index (κ3) is 3.44. The molecule has 7 heteroatoms. The second-order valence-corrected chi connectivity index (χ2v) is 9.03. The highest BCUT2D eigenvalue weighted by atomic mass is 16.2. The largest absolute Gasteiger partial charge is 0.335 e. The lowest BCUT2D eigenvalue weighted by molar-refractivity contribution is -0.117. The summed E-state index contributed by atoms with van der Waals surface area (Å²) < 4.78 is 2.01. The lowest BCUT2D eigenvalue weighted by Crippen LogP contribution is -2.23. The van der Waals surface area contributed by atoms with Crippen LogP contribution in [0.5, 0.6) is 0 Å². The first-order valence-electron chi connectivity index (χ1n) is 11.7. The second kappa shape index (κ2) is 8.09. The number of fused-ring (bicyclic) bond motifs is 1. The first kappa shape index (κ1) is 20.6. The average Bonchev–Trinajstić information content (AvgIpc) is 3.58. The maximum Gasteiger partial charge on any atom is 0.227 e. The molecule has 0 N–H and O–H groups in total. The summed E-state index contributed by atoms with van der Waals surface area (Å²) in [6.45, 7) is 1.53. The summed E-state index contributed by atoms with van der Waals surface area (Å²) in [4.78, 5) is 37.2. The number of hydrogen-bond donors (Lipinski definition) is 0. The van der Waals surface area contributed by atoms with E-state index < -0.39 is 0 Å². The van der Waals surface area contributed by atoms with Crippen molar-refractivity contribution in [3.8, 4) is 22.3 Å². The van der Waals surface area contributed by atoms with Crippen molar-refractivity contribution < 1.29 is 9.59 Å².